The molecule has 0 spiro atoms. The maximum Gasteiger partial charge on any atom is 0.238 e. The normalized spacial score (nSPS) is 17.6. The van der Waals surface area contributed by atoms with Crippen molar-refractivity contribution in [1.29, 1.82) is 0 Å². The molecular weight excluding hydrogens is 465 g/mol. The number of nitrogens with zero attached hydrogens (tertiary/aromatic N) is 2. The largest absolute Gasteiger partial charge is 0.325 e. The molecule has 1 aliphatic heterocycles. The molecule has 1 saturated heterocycles. The van der Waals surface area contributed by atoms with Crippen LogP contribution in [0.2, 0.25) is 10.0 Å². The van der Waals surface area contributed by atoms with Gasteiger partial charge in [0.2, 0.25) is 11.8 Å². The van der Waals surface area contributed by atoms with Gasteiger partial charge in [-0.15, -0.1) is 0 Å². The fraction of sp³-hybridized carbons (Fsp3) is 0.375. The molecule has 1 fully saturated rings. The third-order valence-corrected chi connectivity index (χ3v) is 6.74. The van der Waals surface area contributed by atoms with Gasteiger partial charge >= 0.3 is 0 Å². The molecule has 170 valence electrons. The number of carbonyl (C=O) groups excluding carboxylic acids is 2. The second-order valence-corrected chi connectivity index (χ2v) is 9.68. The van der Waals surface area contributed by atoms with Gasteiger partial charge in [-0.05, 0) is 48.9 Å². The van der Waals surface area contributed by atoms with Crippen molar-refractivity contribution in [2.45, 2.75) is 50.7 Å². The highest BCUT2D eigenvalue weighted by Crippen LogP contribution is 2.31. The van der Waals surface area contributed by atoms with Gasteiger partial charge in [0.1, 0.15) is 5.25 Å². The van der Waals surface area contributed by atoms with Gasteiger partial charge in [-0.3, -0.25) is 14.5 Å². The zero-order valence-corrected chi connectivity index (χ0v) is 20.3. The highest BCUT2D eigenvalue weighted by Gasteiger charge is 2.35. The lowest BCUT2D eigenvalue weighted by molar-refractivity contribution is -0.129. The van der Waals surface area contributed by atoms with Crippen molar-refractivity contribution in [2.24, 2.45) is 4.99 Å². The summed E-state index contributed by atoms with van der Waals surface area (Å²) in [4.78, 5) is 32.3. The lowest BCUT2D eigenvalue weighted by Crippen LogP contribution is -2.45. The fourth-order valence-electron chi connectivity index (χ4n) is 3.35. The molecule has 0 saturated carbocycles. The van der Waals surface area contributed by atoms with E-state index in [1.165, 1.54) is 24.6 Å². The van der Waals surface area contributed by atoms with Gasteiger partial charge in [-0.25, -0.2) is 4.99 Å². The number of carbonyl (C=O) groups is 2. The zero-order chi connectivity index (χ0) is 22.9. The standard InChI is InChI=1S/C24H27Cl2N3O2S/c1-2-3-4-5-6-14-29-22(30)16-21(23(31)27-20-9-7-8-18(26)15-20)32-24(29)28-19-12-10-17(25)11-13-19/h7-13,15,21H,2-6,14,16H2,1H3,(H,27,31). The van der Waals surface area contributed by atoms with Gasteiger partial charge in [0.25, 0.3) is 0 Å². The molecule has 8 heteroatoms. The topological polar surface area (TPSA) is 61.8 Å². The Morgan fingerprint density at radius 3 is 2.56 bits per heavy atom. The van der Waals surface area contributed by atoms with E-state index < -0.39 is 5.25 Å². The fourth-order valence-corrected chi connectivity index (χ4v) is 4.79. The highest BCUT2D eigenvalue weighted by molar-refractivity contribution is 8.15. The molecule has 0 radical (unpaired) electrons. The first-order chi connectivity index (χ1) is 15.5. The van der Waals surface area contributed by atoms with Crippen molar-refractivity contribution >= 4 is 63.3 Å². The molecule has 0 aliphatic carbocycles. The van der Waals surface area contributed by atoms with Crippen LogP contribution in [-0.2, 0) is 9.59 Å². The summed E-state index contributed by atoms with van der Waals surface area (Å²) in [7, 11) is 0. The van der Waals surface area contributed by atoms with Crippen LogP contribution in [0.15, 0.2) is 53.5 Å². The second-order valence-electron chi connectivity index (χ2n) is 7.64. The van der Waals surface area contributed by atoms with Gasteiger partial charge in [0.15, 0.2) is 5.17 Å². The van der Waals surface area contributed by atoms with E-state index in [0.29, 0.717) is 33.1 Å². The van der Waals surface area contributed by atoms with Crippen LogP contribution in [0.5, 0.6) is 0 Å². The van der Waals surface area contributed by atoms with Crippen LogP contribution >= 0.6 is 35.0 Å². The molecule has 1 atom stereocenters. The Morgan fingerprint density at radius 2 is 1.84 bits per heavy atom. The summed E-state index contributed by atoms with van der Waals surface area (Å²) in [5.41, 5.74) is 1.29. The van der Waals surface area contributed by atoms with Crippen LogP contribution < -0.4 is 5.32 Å². The first-order valence-corrected chi connectivity index (χ1v) is 12.5. The minimum atomic E-state index is -0.566. The molecule has 5 nitrogen and oxygen atoms in total. The Balaban J connectivity index is 1.75. The summed E-state index contributed by atoms with van der Waals surface area (Å²) in [5, 5.41) is 3.99. The Morgan fingerprint density at radius 1 is 1.09 bits per heavy atom. The summed E-state index contributed by atoms with van der Waals surface area (Å²) >= 11 is 13.3. The van der Waals surface area contributed by atoms with E-state index in [2.05, 4.69) is 17.2 Å². The maximum atomic E-state index is 13.0. The molecule has 1 N–H and O–H groups in total. The zero-order valence-electron chi connectivity index (χ0n) is 18.0. The number of benzene rings is 2. The Bertz CT molecular complexity index is 966. The van der Waals surface area contributed by atoms with Crippen molar-refractivity contribution in [3.05, 3.63) is 58.6 Å². The Labute approximate surface area is 203 Å². The van der Waals surface area contributed by atoms with Gasteiger partial charge < -0.3 is 5.32 Å². The van der Waals surface area contributed by atoms with Crippen LogP contribution in [-0.4, -0.2) is 33.7 Å². The van der Waals surface area contributed by atoms with Crippen molar-refractivity contribution in [3.63, 3.8) is 0 Å². The van der Waals surface area contributed by atoms with E-state index in [4.69, 9.17) is 23.2 Å². The quantitative estimate of drug-likeness (QED) is 0.387. The molecule has 2 amide bonds. The van der Waals surface area contributed by atoms with E-state index in [0.717, 1.165) is 19.3 Å². The number of amides is 2. The molecule has 1 heterocycles. The molecule has 0 aromatic heterocycles. The predicted octanol–water partition coefficient (Wildman–Crippen LogP) is 6.92. The van der Waals surface area contributed by atoms with Gasteiger partial charge in [0, 0.05) is 28.7 Å². The number of hydrogen-bond acceptors (Lipinski definition) is 4. The average molecular weight is 492 g/mol. The number of unbranched alkanes of at least 4 members (excludes halogenated alkanes) is 4. The molecule has 2 aromatic carbocycles. The summed E-state index contributed by atoms with van der Waals surface area (Å²) in [6, 6.07) is 14.1. The monoisotopic (exact) mass is 491 g/mol. The van der Waals surface area contributed by atoms with E-state index in [1.807, 2.05) is 0 Å². The van der Waals surface area contributed by atoms with Gasteiger partial charge in [-0.2, -0.15) is 0 Å². The number of aliphatic imine (C=N–C) groups is 1. The number of hydrogen-bond donors (Lipinski definition) is 1. The van der Waals surface area contributed by atoms with Crippen molar-refractivity contribution < 1.29 is 9.59 Å². The molecule has 32 heavy (non-hydrogen) atoms. The van der Waals surface area contributed by atoms with Gasteiger partial charge in [-0.1, -0.05) is 73.6 Å². The van der Waals surface area contributed by atoms with Crippen molar-refractivity contribution in [3.8, 4) is 0 Å². The maximum absolute atomic E-state index is 13.0. The number of halogens is 2. The Kier molecular flexibility index (Phi) is 9.45. The number of nitrogens with one attached hydrogen (secondary N) is 1. The van der Waals surface area contributed by atoms with Crippen LogP contribution in [0.25, 0.3) is 0 Å². The molecule has 3 rings (SSSR count). The van der Waals surface area contributed by atoms with Crippen molar-refractivity contribution in [2.75, 3.05) is 11.9 Å². The van der Waals surface area contributed by atoms with Crippen LogP contribution in [0.4, 0.5) is 11.4 Å². The minimum Gasteiger partial charge on any atom is -0.325 e. The summed E-state index contributed by atoms with van der Waals surface area (Å²) in [5.74, 6) is -0.324. The third kappa shape index (κ3) is 7.26. The van der Waals surface area contributed by atoms with E-state index >= 15 is 0 Å². The molecule has 2 aromatic rings. The number of anilines is 1. The number of thioether (sulfide) groups is 1. The molecule has 1 aliphatic rings. The van der Waals surface area contributed by atoms with Crippen LogP contribution in [0, 0.1) is 0 Å². The van der Waals surface area contributed by atoms with Crippen molar-refractivity contribution in [1.82, 2.24) is 4.90 Å². The summed E-state index contributed by atoms with van der Waals surface area (Å²) in [6.45, 7) is 2.78. The SMILES string of the molecule is CCCCCCCN1C(=O)CC(C(=O)Nc2cccc(Cl)c2)SC1=Nc1ccc(Cl)cc1. The number of rotatable bonds is 9. The lowest BCUT2D eigenvalue weighted by atomic mass is 10.1. The van der Waals surface area contributed by atoms with Crippen LogP contribution in [0.1, 0.15) is 45.4 Å². The smallest absolute Gasteiger partial charge is 0.238 e. The highest BCUT2D eigenvalue weighted by atomic mass is 35.5. The Hall–Kier alpha value is -2.02. The minimum absolute atomic E-state index is 0.0850. The van der Waals surface area contributed by atoms with Crippen LogP contribution in [0.3, 0.4) is 0 Å². The predicted molar refractivity (Wildman–Crippen MR) is 135 cm³/mol. The lowest BCUT2D eigenvalue weighted by Gasteiger charge is -2.32. The molecular formula is C24H27Cl2N3O2S. The van der Waals surface area contributed by atoms with E-state index in [1.54, 1.807) is 53.4 Å². The van der Waals surface area contributed by atoms with E-state index in [9.17, 15) is 9.59 Å². The average Bonchev–Trinajstić information content (AvgIpc) is 2.76. The number of amidine groups is 1. The first-order valence-electron chi connectivity index (χ1n) is 10.8. The summed E-state index contributed by atoms with van der Waals surface area (Å²) < 4.78 is 0. The second kappa shape index (κ2) is 12.3. The molecule has 0 bridgehead atoms. The molecule has 1 unspecified atom stereocenters. The third-order valence-electron chi connectivity index (χ3n) is 5.06. The van der Waals surface area contributed by atoms with E-state index in [-0.39, 0.29) is 18.2 Å². The first kappa shape index (κ1) is 24.6. The summed E-state index contributed by atoms with van der Waals surface area (Å²) in [6.07, 6.45) is 5.62. The van der Waals surface area contributed by atoms with Gasteiger partial charge in [0.05, 0.1) is 5.69 Å².